The van der Waals surface area contributed by atoms with Gasteiger partial charge < -0.3 is 15.0 Å². The van der Waals surface area contributed by atoms with Crippen LogP contribution in [-0.2, 0) is 6.54 Å². The van der Waals surface area contributed by atoms with Crippen LogP contribution < -0.4 is 10.1 Å². The van der Waals surface area contributed by atoms with Gasteiger partial charge in [-0.25, -0.2) is 4.79 Å². The lowest BCUT2D eigenvalue weighted by Gasteiger charge is -2.36. The predicted molar refractivity (Wildman–Crippen MR) is 96.5 cm³/mol. The zero-order chi connectivity index (χ0) is 17.5. The summed E-state index contributed by atoms with van der Waals surface area (Å²) in [6.07, 6.45) is 7.77. The molecule has 2 amide bonds. The molecule has 0 unspecified atom stereocenters. The number of ether oxygens (including phenoxy) is 1. The lowest BCUT2D eigenvalue weighted by Crippen LogP contribution is -2.45. The zero-order valence-corrected chi connectivity index (χ0v) is 14.7. The van der Waals surface area contributed by atoms with E-state index in [1.807, 2.05) is 40.0 Å². The molecule has 6 heteroatoms. The van der Waals surface area contributed by atoms with E-state index < -0.39 is 0 Å². The normalized spacial score (nSPS) is 17.3. The Hall–Kier alpha value is -2.50. The molecule has 0 saturated carbocycles. The van der Waals surface area contributed by atoms with Crippen LogP contribution in [0.2, 0.25) is 0 Å². The summed E-state index contributed by atoms with van der Waals surface area (Å²) in [6, 6.07) is 10.1. The van der Waals surface area contributed by atoms with Crippen molar-refractivity contribution in [2.24, 2.45) is 0 Å². The fraction of sp³-hybridized carbons (Fsp3) is 0.474. The van der Waals surface area contributed by atoms with Crippen molar-refractivity contribution >= 4 is 6.03 Å². The maximum absolute atomic E-state index is 12.7. The van der Waals surface area contributed by atoms with Crippen LogP contribution in [-0.4, -0.2) is 40.9 Å². The van der Waals surface area contributed by atoms with E-state index in [-0.39, 0.29) is 12.1 Å². The highest BCUT2D eigenvalue weighted by Gasteiger charge is 2.27. The largest absolute Gasteiger partial charge is 0.497 e. The molecule has 0 bridgehead atoms. The summed E-state index contributed by atoms with van der Waals surface area (Å²) in [5, 5.41) is 7.23. The van der Waals surface area contributed by atoms with Crippen molar-refractivity contribution in [3.63, 3.8) is 0 Å². The van der Waals surface area contributed by atoms with Crippen LogP contribution in [0.3, 0.4) is 0 Å². The number of carbonyl (C=O) groups excluding carboxylic acids is 1. The number of methoxy groups -OCH3 is 1. The van der Waals surface area contributed by atoms with Crippen molar-refractivity contribution in [1.29, 1.82) is 0 Å². The Labute approximate surface area is 148 Å². The number of carbonyl (C=O) groups is 1. The van der Waals surface area contributed by atoms with Gasteiger partial charge in [-0.3, -0.25) is 4.68 Å². The molecule has 2 aromatic rings. The number of nitrogens with zero attached hydrogens (tertiary/aromatic N) is 3. The van der Waals surface area contributed by atoms with E-state index in [4.69, 9.17) is 4.74 Å². The summed E-state index contributed by atoms with van der Waals surface area (Å²) in [6.45, 7) is 2.26. The van der Waals surface area contributed by atoms with Gasteiger partial charge in [0.15, 0.2) is 0 Å². The van der Waals surface area contributed by atoms with Gasteiger partial charge in [0.2, 0.25) is 0 Å². The zero-order valence-electron chi connectivity index (χ0n) is 14.7. The summed E-state index contributed by atoms with van der Waals surface area (Å²) in [5.41, 5.74) is 1.14. The fourth-order valence-corrected chi connectivity index (χ4v) is 3.34. The topological polar surface area (TPSA) is 59.4 Å². The molecule has 6 nitrogen and oxygen atoms in total. The number of likely N-dealkylation sites (tertiary alicyclic amines) is 1. The highest BCUT2D eigenvalue weighted by molar-refractivity contribution is 5.74. The number of aromatic nitrogens is 2. The molecular weight excluding hydrogens is 316 g/mol. The first-order valence-electron chi connectivity index (χ1n) is 8.94. The molecule has 2 heterocycles. The van der Waals surface area contributed by atoms with Gasteiger partial charge in [-0.1, -0.05) is 12.1 Å². The lowest BCUT2D eigenvalue weighted by atomic mass is 9.95. The van der Waals surface area contributed by atoms with Crippen LogP contribution in [0.4, 0.5) is 4.79 Å². The molecule has 1 aromatic carbocycles. The molecule has 1 saturated heterocycles. The lowest BCUT2D eigenvalue weighted by molar-refractivity contribution is 0.151. The van der Waals surface area contributed by atoms with Gasteiger partial charge in [0.1, 0.15) is 5.75 Å². The molecule has 134 valence electrons. The Morgan fingerprint density at radius 3 is 3.08 bits per heavy atom. The molecule has 0 radical (unpaired) electrons. The molecule has 0 spiro atoms. The third kappa shape index (κ3) is 4.53. The maximum Gasteiger partial charge on any atom is 0.317 e. The minimum atomic E-state index is 0.0213. The number of aryl methyl sites for hydroxylation is 1. The Bertz CT molecular complexity index is 672. The van der Waals surface area contributed by atoms with Crippen molar-refractivity contribution in [3.05, 3.63) is 48.3 Å². The molecule has 1 aliphatic rings. The van der Waals surface area contributed by atoms with Gasteiger partial charge >= 0.3 is 6.03 Å². The van der Waals surface area contributed by atoms with Crippen LogP contribution >= 0.6 is 0 Å². The van der Waals surface area contributed by atoms with Crippen LogP contribution in [0.1, 0.15) is 37.3 Å². The number of benzene rings is 1. The highest BCUT2D eigenvalue weighted by atomic mass is 16.5. The van der Waals surface area contributed by atoms with E-state index in [9.17, 15) is 4.79 Å². The molecular formula is C19H26N4O2. The Kier molecular flexibility index (Phi) is 5.93. The highest BCUT2D eigenvalue weighted by Crippen LogP contribution is 2.32. The van der Waals surface area contributed by atoms with Gasteiger partial charge in [0, 0.05) is 32.0 Å². The maximum atomic E-state index is 12.7. The summed E-state index contributed by atoms with van der Waals surface area (Å²) in [4.78, 5) is 14.6. The van der Waals surface area contributed by atoms with Crippen molar-refractivity contribution < 1.29 is 9.53 Å². The molecule has 1 N–H and O–H groups in total. The molecule has 0 aliphatic carbocycles. The van der Waals surface area contributed by atoms with Crippen LogP contribution in [0.15, 0.2) is 42.7 Å². The number of piperidine rings is 1. The summed E-state index contributed by atoms with van der Waals surface area (Å²) < 4.78 is 7.21. The van der Waals surface area contributed by atoms with E-state index >= 15 is 0 Å². The monoisotopic (exact) mass is 342 g/mol. The number of nitrogens with one attached hydrogen (secondary N) is 1. The molecule has 1 atom stereocenters. The molecule has 25 heavy (non-hydrogen) atoms. The standard InChI is InChI=1S/C19H26N4O2/c1-25-17-8-4-7-16(15-17)18-9-2-3-14-23(18)19(24)20-10-5-12-22-13-6-11-21-22/h4,6-8,11,13,15,18H,2-3,5,9-10,12,14H2,1H3,(H,20,24)/t18-/m1/s1. The van der Waals surface area contributed by atoms with Crippen molar-refractivity contribution in [1.82, 2.24) is 20.0 Å². The molecule has 1 aliphatic heterocycles. The molecule has 1 fully saturated rings. The van der Waals surface area contributed by atoms with Crippen LogP contribution in [0, 0.1) is 0 Å². The fourth-order valence-electron chi connectivity index (χ4n) is 3.34. The first kappa shape index (κ1) is 17.3. The van der Waals surface area contributed by atoms with E-state index in [0.717, 1.165) is 50.1 Å². The van der Waals surface area contributed by atoms with Crippen molar-refractivity contribution in [3.8, 4) is 5.75 Å². The quantitative estimate of drug-likeness (QED) is 0.820. The average Bonchev–Trinajstić information content (AvgIpc) is 3.18. The van der Waals surface area contributed by atoms with Gasteiger partial charge in [-0.05, 0) is 49.4 Å². The van der Waals surface area contributed by atoms with Crippen molar-refractivity contribution in [2.75, 3.05) is 20.2 Å². The molecule has 3 rings (SSSR count). The minimum Gasteiger partial charge on any atom is -0.497 e. The van der Waals surface area contributed by atoms with E-state index in [0.29, 0.717) is 6.54 Å². The third-order valence-electron chi connectivity index (χ3n) is 4.64. The summed E-state index contributed by atoms with van der Waals surface area (Å²) >= 11 is 0. The summed E-state index contributed by atoms with van der Waals surface area (Å²) in [5.74, 6) is 0.836. The number of amides is 2. The Morgan fingerprint density at radius 2 is 2.28 bits per heavy atom. The minimum absolute atomic E-state index is 0.0213. The van der Waals surface area contributed by atoms with E-state index in [2.05, 4.69) is 16.5 Å². The number of rotatable bonds is 6. The smallest absolute Gasteiger partial charge is 0.317 e. The number of hydrogen-bond donors (Lipinski definition) is 1. The van der Waals surface area contributed by atoms with Gasteiger partial charge in [0.25, 0.3) is 0 Å². The predicted octanol–water partition coefficient (Wildman–Crippen LogP) is 3.22. The summed E-state index contributed by atoms with van der Waals surface area (Å²) in [7, 11) is 1.67. The SMILES string of the molecule is COc1cccc([C@H]2CCCCN2C(=O)NCCCn2cccn2)c1. The molecule has 1 aromatic heterocycles. The number of hydrogen-bond acceptors (Lipinski definition) is 3. The first-order valence-corrected chi connectivity index (χ1v) is 8.94. The second-order valence-corrected chi connectivity index (χ2v) is 6.34. The second-order valence-electron chi connectivity index (χ2n) is 6.34. The average molecular weight is 342 g/mol. The first-order chi connectivity index (χ1) is 12.3. The van der Waals surface area contributed by atoms with Crippen molar-refractivity contribution in [2.45, 2.75) is 38.3 Å². The van der Waals surface area contributed by atoms with Crippen LogP contribution in [0.25, 0.3) is 0 Å². The van der Waals surface area contributed by atoms with Gasteiger partial charge in [0.05, 0.1) is 13.2 Å². The Morgan fingerprint density at radius 1 is 1.36 bits per heavy atom. The van der Waals surface area contributed by atoms with E-state index in [1.54, 1.807) is 13.3 Å². The number of urea groups is 1. The van der Waals surface area contributed by atoms with Gasteiger partial charge in [-0.15, -0.1) is 0 Å². The van der Waals surface area contributed by atoms with Crippen LogP contribution in [0.5, 0.6) is 5.75 Å². The Balaban J connectivity index is 1.56. The second kappa shape index (κ2) is 8.55. The third-order valence-corrected chi connectivity index (χ3v) is 4.64. The van der Waals surface area contributed by atoms with Gasteiger partial charge in [-0.2, -0.15) is 5.10 Å². The van der Waals surface area contributed by atoms with E-state index in [1.165, 1.54) is 0 Å².